The number of piperidine rings is 1. The second kappa shape index (κ2) is 6.75. The van der Waals surface area contributed by atoms with Crippen molar-refractivity contribution in [2.45, 2.75) is 51.1 Å². The monoisotopic (exact) mass is 288 g/mol. The summed E-state index contributed by atoms with van der Waals surface area (Å²) in [7, 11) is 0. The molecule has 0 spiro atoms. The van der Waals surface area contributed by atoms with Gasteiger partial charge < -0.3 is 10.6 Å². The van der Waals surface area contributed by atoms with Crippen molar-refractivity contribution in [3.63, 3.8) is 0 Å². The summed E-state index contributed by atoms with van der Waals surface area (Å²) in [5, 5.41) is 0. The first-order valence-electron chi connectivity index (χ1n) is 8.48. The molecule has 0 aliphatic carbocycles. The van der Waals surface area contributed by atoms with E-state index >= 15 is 0 Å². The average molecular weight is 288 g/mol. The van der Waals surface area contributed by atoms with E-state index in [4.69, 9.17) is 5.73 Å². The van der Waals surface area contributed by atoms with Crippen molar-refractivity contribution in [3.8, 4) is 0 Å². The van der Waals surface area contributed by atoms with E-state index in [1.807, 2.05) is 6.20 Å². The van der Waals surface area contributed by atoms with Crippen LogP contribution in [0.3, 0.4) is 0 Å². The molecule has 0 amide bonds. The maximum atomic E-state index is 6.03. The standard InChI is InChI=1S/C17H28N4/c1-2-16(18)17-7-6-14(12-19-17)21-11-8-15(13-21)20-9-4-3-5-10-20/h6-7,12,15-16H,2-5,8-11,13,18H2,1H3/t15?,16-/m1/s1. The molecule has 4 nitrogen and oxygen atoms in total. The quantitative estimate of drug-likeness (QED) is 0.925. The molecule has 21 heavy (non-hydrogen) atoms. The van der Waals surface area contributed by atoms with Gasteiger partial charge >= 0.3 is 0 Å². The third kappa shape index (κ3) is 3.38. The lowest BCUT2D eigenvalue weighted by atomic mass is 10.1. The SMILES string of the molecule is CC[C@@H](N)c1ccc(N2CCC(N3CCCCC3)C2)cn1. The van der Waals surface area contributed by atoms with Crippen molar-refractivity contribution in [2.24, 2.45) is 5.73 Å². The molecule has 4 heteroatoms. The topological polar surface area (TPSA) is 45.4 Å². The smallest absolute Gasteiger partial charge is 0.0572 e. The van der Waals surface area contributed by atoms with Crippen molar-refractivity contribution in [1.29, 1.82) is 0 Å². The van der Waals surface area contributed by atoms with Gasteiger partial charge in [0.1, 0.15) is 0 Å². The summed E-state index contributed by atoms with van der Waals surface area (Å²) in [5.41, 5.74) is 8.29. The number of rotatable bonds is 4. The molecule has 3 rings (SSSR count). The Balaban J connectivity index is 1.60. The molecule has 0 aromatic carbocycles. The fourth-order valence-corrected chi connectivity index (χ4v) is 3.57. The van der Waals surface area contributed by atoms with E-state index in [2.05, 4.69) is 33.8 Å². The van der Waals surface area contributed by atoms with Gasteiger partial charge in [0.2, 0.25) is 0 Å². The van der Waals surface area contributed by atoms with Crippen molar-refractivity contribution in [1.82, 2.24) is 9.88 Å². The Hall–Kier alpha value is -1.13. The summed E-state index contributed by atoms with van der Waals surface area (Å²) in [4.78, 5) is 9.72. The molecular weight excluding hydrogens is 260 g/mol. The van der Waals surface area contributed by atoms with Crippen molar-refractivity contribution >= 4 is 5.69 Å². The Morgan fingerprint density at radius 3 is 2.71 bits per heavy atom. The molecule has 1 unspecified atom stereocenters. The minimum atomic E-state index is 0.0683. The molecule has 0 bridgehead atoms. The van der Waals surface area contributed by atoms with Crippen LogP contribution in [0.4, 0.5) is 5.69 Å². The van der Waals surface area contributed by atoms with E-state index in [1.165, 1.54) is 44.5 Å². The molecule has 2 fully saturated rings. The molecule has 2 saturated heterocycles. The summed E-state index contributed by atoms with van der Waals surface area (Å²) < 4.78 is 0. The summed E-state index contributed by atoms with van der Waals surface area (Å²) in [5.74, 6) is 0. The van der Waals surface area contributed by atoms with Gasteiger partial charge in [-0.2, -0.15) is 0 Å². The normalized spacial score (nSPS) is 25.2. The first-order chi connectivity index (χ1) is 10.3. The third-order valence-corrected chi connectivity index (χ3v) is 5.03. The summed E-state index contributed by atoms with van der Waals surface area (Å²) in [6.45, 7) is 6.99. The molecule has 0 radical (unpaired) electrons. The van der Waals surface area contributed by atoms with Crippen LogP contribution in [0.1, 0.15) is 50.8 Å². The number of likely N-dealkylation sites (tertiary alicyclic amines) is 1. The van der Waals surface area contributed by atoms with Gasteiger partial charge in [-0.25, -0.2) is 0 Å². The van der Waals surface area contributed by atoms with Crippen LogP contribution >= 0.6 is 0 Å². The largest absolute Gasteiger partial charge is 0.369 e. The lowest BCUT2D eigenvalue weighted by Gasteiger charge is -2.32. The van der Waals surface area contributed by atoms with E-state index in [-0.39, 0.29) is 6.04 Å². The minimum Gasteiger partial charge on any atom is -0.369 e. The Bertz CT molecular complexity index is 439. The van der Waals surface area contributed by atoms with Crippen molar-refractivity contribution in [3.05, 3.63) is 24.0 Å². The van der Waals surface area contributed by atoms with Gasteiger partial charge in [-0.15, -0.1) is 0 Å². The fourth-order valence-electron chi connectivity index (χ4n) is 3.57. The second-order valence-corrected chi connectivity index (χ2v) is 6.44. The van der Waals surface area contributed by atoms with E-state index in [0.717, 1.165) is 31.2 Å². The highest BCUT2D eigenvalue weighted by Crippen LogP contribution is 2.25. The molecule has 2 atom stereocenters. The van der Waals surface area contributed by atoms with Crippen LogP contribution in [0.5, 0.6) is 0 Å². The van der Waals surface area contributed by atoms with Crippen LogP contribution in [-0.2, 0) is 0 Å². The molecular formula is C17H28N4. The molecule has 2 aliphatic rings. The first kappa shape index (κ1) is 14.8. The number of nitrogens with zero attached hydrogens (tertiary/aromatic N) is 3. The second-order valence-electron chi connectivity index (χ2n) is 6.44. The van der Waals surface area contributed by atoms with Crippen molar-refractivity contribution in [2.75, 3.05) is 31.1 Å². The Morgan fingerprint density at radius 2 is 2.05 bits per heavy atom. The van der Waals surface area contributed by atoms with Gasteiger partial charge in [0, 0.05) is 25.2 Å². The Morgan fingerprint density at radius 1 is 1.24 bits per heavy atom. The predicted octanol–water partition coefficient (Wildman–Crippen LogP) is 2.56. The molecule has 116 valence electrons. The predicted molar refractivity (Wildman–Crippen MR) is 87.5 cm³/mol. The number of anilines is 1. The van der Waals surface area contributed by atoms with E-state index in [0.29, 0.717) is 0 Å². The molecule has 0 saturated carbocycles. The maximum absolute atomic E-state index is 6.03. The van der Waals surface area contributed by atoms with Crippen molar-refractivity contribution < 1.29 is 0 Å². The van der Waals surface area contributed by atoms with Gasteiger partial charge in [-0.05, 0) is 50.9 Å². The van der Waals surface area contributed by atoms with Crippen LogP contribution in [0.15, 0.2) is 18.3 Å². The number of pyridine rings is 1. The minimum absolute atomic E-state index is 0.0683. The average Bonchev–Trinajstić information content (AvgIpc) is 3.05. The first-order valence-corrected chi connectivity index (χ1v) is 8.48. The highest BCUT2D eigenvalue weighted by atomic mass is 15.3. The van der Waals surface area contributed by atoms with Crippen LogP contribution in [-0.4, -0.2) is 42.1 Å². The van der Waals surface area contributed by atoms with E-state index in [1.54, 1.807) is 0 Å². The van der Waals surface area contributed by atoms with E-state index < -0.39 is 0 Å². The fraction of sp³-hybridized carbons (Fsp3) is 0.706. The molecule has 2 N–H and O–H groups in total. The van der Waals surface area contributed by atoms with Gasteiger partial charge in [-0.3, -0.25) is 9.88 Å². The van der Waals surface area contributed by atoms with Crippen LogP contribution in [0.25, 0.3) is 0 Å². The third-order valence-electron chi connectivity index (χ3n) is 5.03. The van der Waals surface area contributed by atoms with Crippen LogP contribution < -0.4 is 10.6 Å². The molecule has 1 aromatic rings. The van der Waals surface area contributed by atoms with E-state index in [9.17, 15) is 0 Å². The lowest BCUT2D eigenvalue weighted by molar-refractivity contribution is 0.175. The van der Waals surface area contributed by atoms with Gasteiger partial charge in [-0.1, -0.05) is 13.3 Å². The van der Waals surface area contributed by atoms with Crippen LogP contribution in [0.2, 0.25) is 0 Å². The lowest BCUT2D eigenvalue weighted by Crippen LogP contribution is -2.40. The zero-order valence-corrected chi connectivity index (χ0v) is 13.2. The van der Waals surface area contributed by atoms with Crippen LogP contribution in [0, 0.1) is 0 Å². The highest BCUT2D eigenvalue weighted by Gasteiger charge is 2.28. The summed E-state index contributed by atoms with van der Waals surface area (Å²) >= 11 is 0. The number of nitrogens with two attached hydrogens (primary N) is 1. The number of hydrogen-bond donors (Lipinski definition) is 1. The zero-order valence-electron chi connectivity index (χ0n) is 13.2. The number of aromatic nitrogens is 1. The molecule has 1 aromatic heterocycles. The Labute approximate surface area is 128 Å². The summed E-state index contributed by atoms with van der Waals surface area (Å²) in [6, 6.07) is 5.09. The molecule has 3 heterocycles. The van der Waals surface area contributed by atoms with Gasteiger partial charge in [0.05, 0.1) is 17.6 Å². The van der Waals surface area contributed by atoms with Gasteiger partial charge in [0.15, 0.2) is 0 Å². The molecule has 2 aliphatic heterocycles. The highest BCUT2D eigenvalue weighted by molar-refractivity contribution is 5.46. The Kier molecular flexibility index (Phi) is 4.76. The maximum Gasteiger partial charge on any atom is 0.0572 e. The summed E-state index contributed by atoms with van der Waals surface area (Å²) in [6.07, 6.45) is 8.39. The van der Waals surface area contributed by atoms with Gasteiger partial charge in [0.25, 0.3) is 0 Å². The number of hydrogen-bond acceptors (Lipinski definition) is 4. The zero-order chi connectivity index (χ0) is 14.7.